The maximum Gasteiger partial charge on any atom is 0.233 e. The van der Waals surface area contributed by atoms with E-state index in [0.29, 0.717) is 13.1 Å². The lowest BCUT2D eigenvalue weighted by Gasteiger charge is -2.35. The first kappa shape index (κ1) is 15.3. The number of anilines is 1. The summed E-state index contributed by atoms with van der Waals surface area (Å²) in [6.07, 6.45) is 7.74. The molecule has 3 N–H and O–H groups in total. The van der Waals surface area contributed by atoms with Crippen LogP contribution in [0.25, 0.3) is 16.6 Å². The minimum atomic E-state index is 0.167. The van der Waals surface area contributed by atoms with Crippen molar-refractivity contribution < 1.29 is 5.21 Å². The number of nitrogens with zero attached hydrogens (tertiary/aromatic N) is 7. The van der Waals surface area contributed by atoms with E-state index in [1.165, 1.54) is 0 Å². The van der Waals surface area contributed by atoms with Gasteiger partial charge < -0.3 is 20.7 Å². The second-order valence-electron chi connectivity index (χ2n) is 6.11. The van der Waals surface area contributed by atoms with E-state index in [2.05, 4.69) is 32.4 Å². The van der Waals surface area contributed by atoms with Crippen LogP contribution in [0.15, 0.2) is 42.1 Å². The number of hydrogen-bond acceptors (Lipinski definition) is 5. The van der Waals surface area contributed by atoms with Crippen molar-refractivity contribution >= 4 is 17.2 Å². The Labute approximate surface area is 144 Å². The average molecular weight is 340 g/mol. The molecule has 0 amide bonds. The van der Waals surface area contributed by atoms with E-state index in [1.807, 2.05) is 41.3 Å². The number of rotatable bonds is 2. The molecular formula is C16H20N8O. The van der Waals surface area contributed by atoms with Gasteiger partial charge in [-0.2, -0.15) is 10.2 Å². The Morgan fingerprint density at radius 1 is 1.08 bits per heavy atom. The normalized spacial score (nSPS) is 16.0. The van der Waals surface area contributed by atoms with E-state index >= 15 is 0 Å². The van der Waals surface area contributed by atoms with E-state index < -0.39 is 0 Å². The highest BCUT2D eigenvalue weighted by atomic mass is 16.4. The Morgan fingerprint density at radius 2 is 1.88 bits per heavy atom. The van der Waals surface area contributed by atoms with Crippen LogP contribution in [0.5, 0.6) is 0 Å². The summed E-state index contributed by atoms with van der Waals surface area (Å²) >= 11 is 0. The van der Waals surface area contributed by atoms with Gasteiger partial charge in [0.15, 0.2) is 0 Å². The topological polar surface area (TPSA) is 100 Å². The van der Waals surface area contributed by atoms with E-state index in [-0.39, 0.29) is 5.96 Å². The van der Waals surface area contributed by atoms with Crippen molar-refractivity contribution in [2.75, 3.05) is 31.1 Å². The van der Waals surface area contributed by atoms with Crippen LogP contribution in [0.1, 0.15) is 0 Å². The molecule has 25 heavy (non-hydrogen) atoms. The lowest BCUT2D eigenvalue weighted by molar-refractivity contribution is 0.293. The number of fused-ring (bicyclic) bond motifs is 1. The van der Waals surface area contributed by atoms with E-state index in [9.17, 15) is 0 Å². The molecule has 4 rings (SSSR count). The second-order valence-corrected chi connectivity index (χ2v) is 6.11. The molecule has 0 saturated carbocycles. The van der Waals surface area contributed by atoms with Gasteiger partial charge in [-0.1, -0.05) is 11.2 Å². The van der Waals surface area contributed by atoms with Gasteiger partial charge in [0, 0.05) is 56.7 Å². The molecular weight excluding hydrogens is 320 g/mol. The molecule has 0 bridgehead atoms. The molecule has 130 valence electrons. The van der Waals surface area contributed by atoms with Crippen molar-refractivity contribution in [1.82, 2.24) is 24.3 Å². The maximum atomic E-state index is 8.79. The van der Waals surface area contributed by atoms with Crippen molar-refractivity contribution in [3.63, 3.8) is 0 Å². The molecule has 9 nitrogen and oxygen atoms in total. The number of piperazine rings is 1. The summed E-state index contributed by atoms with van der Waals surface area (Å²) in [7, 11) is 1.90. The van der Waals surface area contributed by atoms with E-state index in [4.69, 9.17) is 10.9 Å². The summed E-state index contributed by atoms with van der Waals surface area (Å²) < 4.78 is 3.68. The van der Waals surface area contributed by atoms with Crippen molar-refractivity contribution in [3.05, 3.63) is 36.9 Å². The van der Waals surface area contributed by atoms with Crippen LogP contribution in [0, 0.1) is 0 Å². The summed E-state index contributed by atoms with van der Waals surface area (Å²) in [6.45, 7) is 3.01. The highest BCUT2D eigenvalue weighted by molar-refractivity contribution is 5.78. The predicted molar refractivity (Wildman–Crippen MR) is 94.6 cm³/mol. The van der Waals surface area contributed by atoms with Crippen LogP contribution < -0.4 is 10.6 Å². The number of hydrogen-bond donors (Lipinski definition) is 2. The van der Waals surface area contributed by atoms with Crippen LogP contribution in [0.2, 0.25) is 0 Å². The third-order valence-electron chi connectivity index (χ3n) is 4.58. The smallest absolute Gasteiger partial charge is 0.233 e. The Kier molecular flexibility index (Phi) is 3.68. The number of nitrogens with two attached hydrogens (primary N) is 1. The monoisotopic (exact) mass is 340 g/mol. The Bertz CT molecular complexity index is 919. The first-order valence-electron chi connectivity index (χ1n) is 8.09. The standard InChI is InChI=1S/C16H20N8O/c1-21-10-13(8-18-21)12-2-3-14-15(9-19-24(14)11-12)22-4-6-23(7-5-22)16(17)20-25/h2-3,8-11,25H,4-7H2,1H3,(H2,17,20). The van der Waals surface area contributed by atoms with Crippen molar-refractivity contribution in [2.24, 2.45) is 17.9 Å². The molecule has 1 fully saturated rings. The zero-order valence-corrected chi connectivity index (χ0v) is 13.9. The summed E-state index contributed by atoms with van der Waals surface area (Å²) in [5.74, 6) is 0.167. The van der Waals surface area contributed by atoms with E-state index in [0.717, 1.165) is 35.4 Å². The zero-order valence-electron chi connectivity index (χ0n) is 13.9. The van der Waals surface area contributed by atoms with Crippen LogP contribution in [-0.4, -0.2) is 61.6 Å². The molecule has 0 radical (unpaired) electrons. The largest absolute Gasteiger partial charge is 0.408 e. The van der Waals surface area contributed by atoms with Gasteiger partial charge in [0.2, 0.25) is 5.96 Å². The van der Waals surface area contributed by atoms with E-state index in [1.54, 1.807) is 4.68 Å². The summed E-state index contributed by atoms with van der Waals surface area (Å²) in [6, 6.07) is 4.17. The summed E-state index contributed by atoms with van der Waals surface area (Å²) in [5.41, 5.74) is 9.95. The molecule has 3 aromatic heterocycles. The van der Waals surface area contributed by atoms with Gasteiger partial charge in [0.25, 0.3) is 0 Å². The molecule has 1 aliphatic heterocycles. The molecule has 9 heteroatoms. The highest BCUT2D eigenvalue weighted by Crippen LogP contribution is 2.26. The zero-order chi connectivity index (χ0) is 17.4. The number of aromatic nitrogens is 4. The van der Waals surface area contributed by atoms with Crippen molar-refractivity contribution in [1.29, 1.82) is 0 Å². The molecule has 1 aliphatic rings. The highest BCUT2D eigenvalue weighted by Gasteiger charge is 2.21. The van der Waals surface area contributed by atoms with Gasteiger partial charge in [-0.3, -0.25) is 4.68 Å². The molecule has 0 spiro atoms. The number of oxime groups is 1. The number of guanidine groups is 1. The quantitative estimate of drug-likeness (QED) is 0.306. The third kappa shape index (κ3) is 2.73. The van der Waals surface area contributed by atoms with Crippen LogP contribution in [-0.2, 0) is 7.05 Å². The van der Waals surface area contributed by atoms with Gasteiger partial charge in [-0.15, -0.1) is 0 Å². The lowest BCUT2D eigenvalue weighted by atomic mass is 10.1. The first-order valence-corrected chi connectivity index (χ1v) is 8.09. The maximum absolute atomic E-state index is 8.79. The van der Waals surface area contributed by atoms with Gasteiger partial charge in [0.05, 0.1) is 23.6 Å². The molecule has 0 aromatic carbocycles. The van der Waals surface area contributed by atoms with Crippen molar-refractivity contribution in [2.45, 2.75) is 0 Å². The van der Waals surface area contributed by atoms with Gasteiger partial charge in [-0.05, 0) is 6.07 Å². The van der Waals surface area contributed by atoms with Gasteiger partial charge in [-0.25, -0.2) is 4.52 Å². The van der Waals surface area contributed by atoms with Crippen LogP contribution in [0.4, 0.5) is 5.69 Å². The number of aryl methyl sites for hydroxylation is 1. The molecule has 0 aliphatic carbocycles. The van der Waals surface area contributed by atoms with Gasteiger partial charge >= 0.3 is 0 Å². The predicted octanol–water partition coefficient (Wildman–Crippen LogP) is 0.561. The van der Waals surface area contributed by atoms with Gasteiger partial charge in [0.1, 0.15) is 0 Å². The fourth-order valence-electron chi connectivity index (χ4n) is 3.20. The minimum absolute atomic E-state index is 0.167. The molecule has 4 heterocycles. The first-order chi connectivity index (χ1) is 12.2. The lowest BCUT2D eigenvalue weighted by Crippen LogP contribution is -2.51. The Balaban J connectivity index is 1.58. The fourth-order valence-corrected chi connectivity index (χ4v) is 3.20. The Morgan fingerprint density at radius 3 is 2.56 bits per heavy atom. The summed E-state index contributed by atoms with van der Waals surface area (Å²) in [5, 5.41) is 20.6. The second kappa shape index (κ2) is 6.00. The third-order valence-corrected chi connectivity index (χ3v) is 4.58. The van der Waals surface area contributed by atoms with Crippen molar-refractivity contribution in [3.8, 4) is 11.1 Å². The van der Waals surface area contributed by atoms with Crippen LogP contribution in [0.3, 0.4) is 0 Å². The number of pyridine rings is 1. The summed E-state index contributed by atoms with van der Waals surface area (Å²) in [4.78, 5) is 4.13. The fraction of sp³-hybridized carbons (Fsp3) is 0.312. The molecule has 1 saturated heterocycles. The average Bonchev–Trinajstić information content (AvgIpc) is 3.27. The molecule has 3 aromatic rings. The van der Waals surface area contributed by atoms with Crippen LogP contribution >= 0.6 is 0 Å². The SMILES string of the molecule is Cn1cc(-c2ccc3c(N4CCN(C(N)=NO)CC4)cnn3c2)cn1. The molecule has 0 unspecified atom stereocenters. The Hall–Kier alpha value is -3.23. The molecule has 0 atom stereocenters. The minimum Gasteiger partial charge on any atom is -0.408 e.